The zero-order chi connectivity index (χ0) is 18.8. The Hall–Kier alpha value is -2.57. The minimum Gasteiger partial charge on any atom is -0.354 e. The number of fused-ring (bicyclic) bond motifs is 1. The number of aromatic nitrogens is 2. The van der Waals surface area contributed by atoms with E-state index in [0.29, 0.717) is 17.3 Å². The molecular formula is C20H22ClN5O. The summed E-state index contributed by atoms with van der Waals surface area (Å²) in [6.07, 6.45) is 1.80. The number of piperazine rings is 1. The molecule has 1 fully saturated rings. The number of amides is 1. The highest BCUT2D eigenvalue weighted by atomic mass is 35.5. The second-order valence-electron chi connectivity index (χ2n) is 6.81. The lowest BCUT2D eigenvalue weighted by Gasteiger charge is -2.28. The second-order valence-corrected chi connectivity index (χ2v) is 7.25. The number of benzene rings is 1. The largest absolute Gasteiger partial charge is 0.354 e. The highest BCUT2D eigenvalue weighted by Gasteiger charge is 2.13. The molecule has 1 aliphatic heterocycles. The number of aryl methyl sites for hydroxylation is 1. The van der Waals surface area contributed by atoms with Crippen LogP contribution in [0.3, 0.4) is 0 Å². The van der Waals surface area contributed by atoms with Gasteiger partial charge in [-0.05, 0) is 48.4 Å². The maximum atomic E-state index is 12.6. The fraction of sp³-hybridized carbons (Fsp3) is 0.300. The molecule has 0 bridgehead atoms. The van der Waals surface area contributed by atoms with Crippen molar-refractivity contribution in [2.24, 2.45) is 0 Å². The van der Waals surface area contributed by atoms with Gasteiger partial charge in [0.25, 0.3) is 5.91 Å². The number of H-pyrrole nitrogens is 1. The molecule has 3 aromatic rings. The number of aromatic amines is 1. The number of carbonyl (C=O) groups excluding carboxylic acids is 1. The summed E-state index contributed by atoms with van der Waals surface area (Å²) in [4.78, 5) is 22.4. The average molecular weight is 384 g/mol. The monoisotopic (exact) mass is 383 g/mol. The number of carbonyl (C=O) groups is 1. The lowest BCUT2D eigenvalue weighted by Crippen LogP contribution is -2.43. The smallest absolute Gasteiger partial charge is 0.267 e. The maximum absolute atomic E-state index is 12.6. The predicted molar refractivity (Wildman–Crippen MR) is 109 cm³/mol. The molecule has 0 spiro atoms. The van der Waals surface area contributed by atoms with Gasteiger partial charge in [-0.1, -0.05) is 11.6 Å². The lowest BCUT2D eigenvalue weighted by molar-refractivity contribution is 0.0946. The van der Waals surface area contributed by atoms with Crippen molar-refractivity contribution in [3.63, 3.8) is 0 Å². The van der Waals surface area contributed by atoms with Crippen molar-refractivity contribution in [3.8, 4) is 0 Å². The third-order valence-electron chi connectivity index (χ3n) is 4.86. The number of rotatable bonds is 4. The molecular weight excluding hydrogens is 362 g/mol. The molecule has 1 saturated heterocycles. The van der Waals surface area contributed by atoms with Crippen molar-refractivity contribution < 1.29 is 4.79 Å². The fourth-order valence-corrected chi connectivity index (χ4v) is 3.68. The first-order valence-corrected chi connectivity index (χ1v) is 9.45. The number of halogens is 1. The van der Waals surface area contributed by atoms with Gasteiger partial charge in [-0.15, -0.1) is 0 Å². The number of nitrogens with zero attached hydrogens (tertiary/aromatic N) is 2. The minimum absolute atomic E-state index is 0.137. The van der Waals surface area contributed by atoms with Crippen molar-refractivity contribution in [2.75, 3.05) is 31.1 Å². The first-order chi connectivity index (χ1) is 13.1. The Morgan fingerprint density at radius 2 is 2.07 bits per heavy atom. The molecule has 3 N–H and O–H groups in total. The highest BCUT2D eigenvalue weighted by Crippen LogP contribution is 2.24. The molecule has 0 saturated carbocycles. The van der Waals surface area contributed by atoms with Crippen LogP contribution in [0.2, 0.25) is 5.02 Å². The van der Waals surface area contributed by atoms with Gasteiger partial charge in [0, 0.05) is 54.8 Å². The van der Waals surface area contributed by atoms with E-state index in [1.165, 1.54) is 0 Å². The number of hydrogen-bond donors (Lipinski definition) is 3. The third-order valence-corrected chi connectivity index (χ3v) is 5.08. The molecule has 3 heterocycles. The second kappa shape index (κ2) is 7.58. The SMILES string of the molecule is Cc1cc(Cl)cc2[nH]c(C(=O)NCc3ccnc(N4CCNCC4)c3)cc12. The summed E-state index contributed by atoms with van der Waals surface area (Å²) >= 11 is 6.10. The molecule has 27 heavy (non-hydrogen) atoms. The Morgan fingerprint density at radius 3 is 2.89 bits per heavy atom. The van der Waals surface area contributed by atoms with E-state index in [2.05, 4.69) is 25.5 Å². The molecule has 1 amide bonds. The van der Waals surface area contributed by atoms with Crippen LogP contribution in [0.25, 0.3) is 10.9 Å². The van der Waals surface area contributed by atoms with Crippen LogP contribution in [-0.4, -0.2) is 42.1 Å². The average Bonchev–Trinajstić information content (AvgIpc) is 3.11. The summed E-state index contributed by atoms with van der Waals surface area (Å²) in [5.74, 6) is 0.821. The molecule has 4 rings (SSSR count). The Bertz CT molecular complexity index is 978. The Balaban J connectivity index is 1.45. The highest BCUT2D eigenvalue weighted by molar-refractivity contribution is 6.31. The van der Waals surface area contributed by atoms with Crippen LogP contribution in [0.1, 0.15) is 21.6 Å². The van der Waals surface area contributed by atoms with Gasteiger partial charge in [0.2, 0.25) is 0 Å². The van der Waals surface area contributed by atoms with Crippen molar-refractivity contribution in [1.29, 1.82) is 0 Å². The van der Waals surface area contributed by atoms with Gasteiger partial charge in [0.05, 0.1) is 0 Å². The molecule has 6 nitrogen and oxygen atoms in total. The number of nitrogens with one attached hydrogen (secondary N) is 3. The number of pyridine rings is 1. The first kappa shape index (κ1) is 17.8. The van der Waals surface area contributed by atoms with Crippen LogP contribution in [0.5, 0.6) is 0 Å². The first-order valence-electron chi connectivity index (χ1n) is 9.08. The fourth-order valence-electron chi connectivity index (χ4n) is 3.41. The summed E-state index contributed by atoms with van der Waals surface area (Å²) in [5.41, 5.74) is 3.48. The van der Waals surface area contributed by atoms with Crippen molar-refractivity contribution in [1.82, 2.24) is 20.6 Å². The molecule has 7 heteroatoms. The van der Waals surface area contributed by atoms with Crippen LogP contribution in [-0.2, 0) is 6.54 Å². The van der Waals surface area contributed by atoms with Gasteiger partial charge >= 0.3 is 0 Å². The van der Waals surface area contributed by atoms with Gasteiger partial charge in [-0.2, -0.15) is 0 Å². The molecule has 0 unspecified atom stereocenters. The van der Waals surface area contributed by atoms with Gasteiger partial charge in [0.15, 0.2) is 0 Å². The molecule has 1 aromatic carbocycles. The van der Waals surface area contributed by atoms with E-state index in [-0.39, 0.29) is 5.91 Å². The van der Waals surface area contributed by atoms with Gasteiger partial charge in [-0.25, -0.2) is 4.98 Å². The maximum Gasteiger partial charge on any atom is 0.267 e. The van der Waals surface area contributed by atoms with Crippen molar-refractivity contribution in [2.45, 2.75) is 13.5 Å². The van der Waals surface area contributed by atoms with E-state index < -0.39 is 0 Å². The molecule has 140 valence electrons. The summed E-state index contributed by atoms with van der Waals surface area (Å²) in [6, 6.07) is 9.58. The van der Waals surface area contributed by atoms with Crippen LogP contribution < -0.4 is 15.5 Å². The van der Waals surface area contributed by atoms with Crippen molar-refractivity contribution in [3.05, 3.63) is 58.4 Å². The zero-order valence-corrected chi connectivity index (χ0v) is 15.9. The summed E-state index contributed by atoms with van der Waals surface area (Å²) in [6.45, 7) is 6.26. The predicted octanol–water partition coefficient (Wildman–Crippen LogP) is 2.86. The molecule has 0 radical (unpaired) electrons. The molecule has 2 aromatic heterocycles. The van der Waals surface area contributed by atoms with E-state index in [9.17, 15) is 4.79 Å². The van der Waals surface area contributed by atoms with Crippen LogP contribution in [0.4, 0.5) is 5.82 Å². The Labute approximate surface area is 162 Å². The zero-order valence-electron chi connectivity index (χ0n) is 15.2. The van der Waals surface area contributed by atoms with E-state index in [4.69, 9.17) is 11.6 Å². The van der Waals surface area contributed by atoms with Crippen LogP contribution >= 0.6 is 11.6 Å². The standard InChI is InChI=1S/C20H22ClN5O/c1-13-8-15(21)10-17-16(13)11-18(25-17)20(27)24-12-14-2-3-23-19(9-14)26-6-4-22-5-7-26/h2-3,8-11,22,25H,4-7,12H2,1H3,(H,24,27). The third kappa shape index (κ3) is 3.91. The number of hydrogen-bond acceptors (Lipinski definition) is 4. The summed E-state index contributed by atoms with van der Waals surface area (Å²) in [7, 11) is 0. The quantitative estimate of drug-likeness (QED) is 0.647. The minimum atomic E-state index is -0.137. The van der Waals surface area contributed by atoms with Crippen LogP contribution in [0.15, 0.2) is 36.5 Å². The number of anilines is 1. The summed E-state index contributed by atoms with van der Waals surface area (Å²) < 4.78 is 0. The van der Waals surface area contributed by atoms with Gasteiger partial charge in [0.1, 0.15) is 11.5 Å². The molecule has 0 atom stereocenters. The van der Waals surface area contributed by atoms with E-state index >= 15 is 0 Å². The van der Waals surface area contributed by atoms with E-state index in [0.717, 1.165) is 54.0 Å². The topological polar surface area (TPSA) is 73.0 Å². The van der Waals surface area contributed by atoms with E-state index in [1.54, 1.807) is 6.20 Å². The Morgan fingerprint density at radius 1 is 1.26 bits per heavy atom. The van der Waals surface area contributed by atoms with Gasteiger partial charge in [-0.3, -0.25) is 4.79 Å². The van der Waals surface area contributed by atoms with Crippen LogP contribution in [0, 0.1) is 6.92 Å². The summed E-state index contributed by atoms with van der Waals surface area (Å²) in [5, 5.41) is 7.98. The molecule has 1 aliphatic rings. The Kier molecular flexibility index (Phi) is 5.01. The van der Waals surface area contributed by atoms with E-state index in [1.807, 2.05) is 37.3 Å². The van der Waals surface area contributed by atoms with Crippen molar-refractivity contribution >= 4 is 34.2 Å². The normalized spacial score (nSPS) is 14.5. The molecule has 0 aliphatic carbocycles. The van der Waals surface area contributed by atoms with Gasteiger partial charge < -0.3 is 20.5 Å². The lowest BCUT2D eigenvalue weighted by atomic mass is 10.1.